The van der Waals surface area contributed by atoms with E-state index < -0.39 is 0 Å². The quantitative estimate of drug-likeness (QED) is 0.692. The summed E-state index contributed by atoms with van der Waals surface area (Å²) in [5.74, 6) is 1.17. The van der Waals surface area contributed by atoms with Gasteiger partial charge in [0.2, 0.25) is 0 Å². The molecule has 4 rings (SSSR count). The standard InChI is InChI=1S/C17H14N8O/c18-6-15-20-10-24(22-15)8-12-4-13-2-1-3-26-17(13)14(5-12)9-25-11-21-16(7-19)23-25/h4-5,10-11H,1-3,8-9H2. The van der Waals surface area contributed by atoms with Gasteiger partial charge in [-0.2, -0.15) is 10.5 Å². The maximum absolute atomic E-state index is 8.89. The predicted octanol–water partition coefficient (Wildman–Crippen LogP) is 1.03. The van der Waals surface area contributed by atoms with Crippen molar-refractivity contribution in [2.24, 2.45) is 0 Å². The Morgan fingerprint density at radius 2 is 1.69 bits per heavy atom. The van der Waals surface area contributed by atoms with Crippen molar-refractivity contribution in [2.75, 3.05) is 6.61 Å². The highest BCUT2D eigenvalue weighted by atomic mass is 16.5. The normalized spacial score (nSPS) is 12.7. The minimum atomic E-state index is 0.141. The largest absolute Gasteiger partial charge is 0.493 e. The number of ether oxygens (including phenoxy) is 1. The zero-order valence-corrected chi connectivity index (χ0v) is 13.8. The number of fused-ring (bicyclic) bond motifs is 1. The van der Waals surface area contributed by atoms with Gasteiger partial charge in [0.15, 0.2) is 0 Å². The number of rotatable bonds is 4. The summed E-state index contributed by atoms with van der Waals surface area (Å²) < 4.78 is 9.14. The molecule has 3 aromatic rings. The van der Waals surface area contributed by atoms with E-state index in [1.54, 1.807) is 15.7 Å². The molecule has 2 aromatic heterocycles. The Balaban J connectivity index is 1.67. The van der Waals surface area contributed by atoms with Gasteiger partial charge < -0.3 is 4.74 Å². The lowest BCUT2D eigenvalue weighted by Gasteiger charge is -2.22. The molecule has 0 aliphatic carbocycles. The van der Waals surface area contributed by atoms with E-state index >= 15 is 0 Å². The van der Waals surface area contributed by atoms with Crippen LogP contribution >= 0.6 is 0 Å². The van der Waals surface area contributed by atoms with Crippen LogP contribution in [-0.2, 0) is 19.5 Å². The topological polar surface area (TPSA) is 118 Å². The van der Waals surface area contributed by atoms with Gasteiger partial charge in [0, 0.05) is 5.56 Å². The fourth-order valence-corrected chi connectivity index (χ4v) is 3.05. The Hall–Kier alpha value is -3.72. The number of hydrogen-bond donors (Lipinski definition) is 0. The molecule has 9 nitrogen and oxygen atoms in total. The molecule has 9 heteroatoms. The lowest BCUT2D eigenvalue weighted by Crippen LogP contribution is -2.14. The van der Waals surface area contributed by atoms with Crippen molar-refractivity contribution < 1.29 is 4.74 Å². The van der Waals surface area contributed by atoms with Crippen LogP contribution in [0.1, 0.15) is 34.8 Å². The molecule has 0 saturated heterocycles. The third kappa shape index (κ3) is 3.10. The van der Waals surface area contributed by atoms with Crippen LogP contribution < -0.4 is 4.74 Å². The van der Waals surface area contributed by atoms with E-state index in [1.807, 2.05) is 18.2 Å². The van der Waals surface area contributed by atoms with Gasteiger partial charge in [-0.05, 0) is 30.0 Å². The molecule has 0 bridgehead atoms. The van der Waals surface area contributed by atoms with Crippen LogP contribution in [0.4, 0.5) is 0 Å². The van der Waals surface area contributed by atoms with Gasteiger partial charge in [-0.25, -0.2) is 19.3 Å². The third-order valence-electron chi connectivity index (χ3n) is 4.09. The first-order valence-electron chi connectivity index (χ1n) is 8.12. The molecule has 1 aliphatic rings. The summed E-state index contributed by atoms with van der Waals surface area (Å²) in [5, 5.41) is 26.0. The van der Waals surface area contributed by atoms with Crippen LogP contribution in [0.25, 0.3) is 0 Å². The van der Waals surface area contributed by atoms with E-state index in [4.69, 9.17) is 15.3 Å². The van der Waals surface area contributed by atoms with Gasteiger partial charge in [0.1, 0.15) is 30.5 Å². The van der Waals surface area contributed by atoms with Gasteiger partial charge in [0.05, 0.1) is 19.7 Å². The first-order valence-corrected chi connectivity index (χ1v) is 8.12. The van der Waals surface area contributed by atoms with Gasteiger partial charge in [-0.15, -0.1) is 10.2 Å². The third-order valence-corrected chi connectivity index (χ3v) is 4.09. The summed E-state index contributed by atoms with van der Waals surface area (Å²) in [6.07, 6.45) is 5.00. The molecule has 128 valence electrons. The van der Waals surface area contributed by atoms with Crippen molar-refractivity contribution in [1.82, 2.24) is 29.5 Å². The molecule has 0 radical (unpaired) electrons. The van der Waals surface area contributed by atoms with Crippen LogP contribution in [0.3, 0.4) is 0 Å². The van der Waals surface area contributed by atoms with Gasteiger partial charge >= 0.3 is 0 Å². The number of nitriles is 2. The second kappa shape index (κ2) is 6.65. The van der Waals surface area contributed by atoms with Crippen molar-refractivity contribution in [1.29, 1.82) is 10.5 Å². The fraction of sp³-hybridized carbons (Fsp3) is 0.294. The van der Waals surface area contributed by atoms with Gasteiger partial charge in [-0.1, -0.05) is 6.07 Å². The van der Waals surface area contributed by atoms with Crippen molar-refractivity contribution in [3.63, 3.8) is 0 Å². The Kier molecular flexibility index (Phi) is 4.04. The van der Waals surface area contributed by atoms with Crippen LogP contribution in [0.5, 0.6) is 5.75 Å². The smallest absolute Gasteiger partial charge is 0.252 e. The summed E-state index contributed by atoms with van der Waals surface area (Å²) in [4.78, 5) is 7.88. The molecule has 0 atom stereocenters. The Morgan fingerprint density at radius 3 is 2.35 bits per heavy atom. The summed E-state index contributed by atoms with van der Waals surface area (Å²) >= 11 is 0. The molecule has 0 saturated carbocycles. The number of aromatic nitrogens is 6. The van der Waals surface area contributed by atoms with E-state index in [-0.39, 0.29) is 11.6 Å². The Morgan fingerprint density at radius 1 is 1.00 bits per heavy atom. The maximum atomic E-state index is 8.89. The first kappa shape index (κ1) is 15.8. The zero-order valence-electron chi connectivity index (χ0n) is 13.8. The molecule has 26 heavy (non-hydrogen) atoms. The highest BCUT2D eigenvalue weighted by molar-refractivity contribution is 5.46. The molecular weight excluding hydrogens is 332 g/mol. The van der Waals surface area contributed by atoms with Crippen LogP contribution in [0.15, 0.2) is 24.8 Å². The molecule has 0 amide bonds. The zero-order chi connectivity index (χ0) is 17.9. The summed E-state index contributed by atoms with van der Waals surface area (Å²) in [6, 6.07) is 7.99. The van der Waals surface area contributed by atoms with Crippen molar-refractivity contribution in [3.8, 4) is 17.9 Å². The van der Waals surface area contributed by atoms with Crippen LogP contribution in [-0.4, -0.2) is 36.1 Å². The van der Waals surface area contributed by atoms with E-state index in [9.17, 15) is 0 Å². The van der Waals surface area contributed by atoms with Gasteiger partial charge in [-0.3, -0.25) is 0 Å². The highest BCUT2D eigenvalue weighted by Gasteiger charge is 2.17. The molecule has 0 spiro atoms. The minimum Gasteiger partial charge on any atom is -0.493 e. The molecule has 1 aliphatic heterocycles. The van der Waals surface area contributed by atoms with Gasteiger partial charge in [0.25, 0.3) is 11.6 Å². The number of nitrogens with zero attached hydrogens (tertiary/aromatic N) is 8. The van der Waals surface area contributed by atoms with E-state index in [2.05, 4.69) is 26.2 Å². The molecule has 3 heterocycles. The second-order valence-corrected chi connectivity index (χ2v) is 5.95. The average Bonchev–Trinajstić information content (AvgIpc) is 3.31. The van der Waals surface area contributed by atoms with Crippen molar-refractivity contribution in [2.45, 2.75) is 25.9 Å². The highest BCUT2D eigenvalue weighted by Crippen LogP contribution is 2.31. The molecule has 1 aromatic carbocycles. The lowest BCUT2D eigenvalue weighted by molar-refractivity contribution is 0.284. The Labute approximate surface area is 149 Å². The minimum absolute atomic E-state index is 0.141. The van der Waals surface area contributed by atoms with Crippen LogP contribution in [0.2, 0.25) is 0 Å². The molecule has 0 unspecified atom stereocenters. The van der Waals surface area contributed by atoms with E-state index in [1.165, 1.54) is 6.33 Å². The van der Waals surface area contributed by atoms with E-state index in [0.717, 1.165) is 35.3 Å². The SMILES string of the molecule is N#Cc1ncn(Cc2cc3c(c(Cn4cnc(C#N)n4)c2)OCCC3)n1. The predicted molar refractivity (Wildman–Crippen MR) is 87.9 cm³/mol. The molecule has 0 fully saturated rings. The number of aryl methyl sites for hydroxylation is 1. The summed E-state index contributed by atoms with van der Waals surface area (Å²) in [7, 11) is 0. The summed E-state index contributed by atoms with van der Waals surface area (Å²) in [6.45, 7) is 1.66. The fourth-order valence-electron chi connectivity index (χ4n) is 3.05. The Bertz CT molecular complexity index is 1040. The van der Waals surface area contributed by atoms with Crippen molar-refractivity contribution >= 4 is 0 Å². The lowest BCUT2D eigenvalue weighted by atomic mass is 9.98. The van der Waals surface area contributed by atoms with E-state index in [0.29, 0.717) is 19.7 Å². The van der Waals surface area contributed by atoms with Crippen LogP contribution in [0, 0.1) is 22.7 Å². The molecular formula is C17H14N8O. The molecule has 0 N–H and O–H groups in total. The summed E-state index contributed by atoms with van der Waals surface area (Å²) in [5.41, 5.74) is 3.16. The monoisotopic (exact) mass is 346 g/mol. The number of hydrogen-bond acceptors (Lipinski definition) is 7. The average molecular weight is 346 g/mol. The van der Waals surface area contributed by atoms with Crippen molar-refractivity contribution in [3.05, 3.63) is 53.1 Å². The first-order chi connectivity index (χ1) is 12.7. The second-order valence-electron chi connectivity index (χ2n) is 5.95. The maximum Gasteiger partial charge on any atom is 0.252 e. The number of benzene rings is 1.